The van der Waals surface area contributed by atoms with Crippen molar-refractivity contribution in [3.05, 3.63) is 78.9 Å². The molecule has 0 spiro atoms. The molecular formula is C20H15FN2O. The van der Waals surface area contributed by atoms with Gasteiger partial charge in [0.1, 0.15) is 17.2 Å². The van der Waals surface area contributed by atoms with E-state index >= 15 is 0 Å². The Labute approximate surface area is 139 Å². The highest BCUT2D eigenvalue weighted by Gasteiger charge is 2.10. The molecule has 0 bridgehead atoms. The van der Waals surface area contributed by atoms with Crippen molar-refractivity contribution in [1.29, 1.82) is 0 Å². The van der Waals surface area contributed by atoms with Gasteiger partial charge < -0.3 is 9.14 Å². The lowest BCUT2D eigenvalue weighted by Crippen LogP contribution is -1.87. The van der Waals surface area contributed by atoms with Crippen LogP contribution in [0.25, 0.3) is 28.0 Å². The second kappa shape index (κ2) is 5.81. The van der Waals surface area contributed by atoms with Gasteiger partial charge in [0.25, 0.3) is 0 Å². The van der Waals surface area contributed by atoms with Crippen molar-refractivity contribution in [3.63, 3.8) is 0 Å². The monoisotopic (exact) mass is 318 g/mol. The highest BCUT2D eigenvalue weighted by Crippen LogP contribution is 2.28. The molecule has 24 heavy (non-hydrogen) atoms. The minimum absolute atomic E-state index is 0.243. The van der Waals surface area contributed by atoms with Crippen LogP contribution in [0.2, 0.25) is 0 Å². The standard InChI is InChI=1S/C20H15FN2O/c1-24-17-10-6-15(7-11-17)19-13-23-12-2-3-18(20(23)22-19)14-4-8-16(21)9-5-14/h2-13H,1H3. The van der Waals surface area contributed by atoms with Crippen molar-refractivity contribution in [2.45, 2.75) is 0 Å². The number of rotatable bonds is 3. The van der Waals surface area contributed by atoms with Crippen LogP contribution in [0.5, 0.6) is 5.75 Å². The number of hydrogen-bond donors (Lipinski definition) is 0. The van der Waals surface area contributed by atoms with E-state index in [9.17, 15) is 4.39 Å². The molecule has 0 aliphatic rings. The van der Waals surface area contributed by atoms with E-state index in [1.165, 1.54) is 12.1 Å². The molecule has 0 aliphatic carbocycles. The maximum Gasteiger partial charge on any atom is 0.145 e. The molecule has 4 aromatic rings. The Bertz CT molecular complexity index is 989. The van der Waals surface area contributed by atoms with Crippen LogP contribution < -0.4 is 4.74 Å². The Morgan fingerprint density at radius 2 is 1.62 bits per heavy atom. The van der Waals surface area contributed by atoms with Gasteiger partial charge in [-0.25, -0.2) is 9.37 Å². The third-order valence-electron chi connectivity index (χ3n) is 4.02. The second-order valence-electron chi connectivity index (χ2n) is 5.51. The summed E-state index contributed by atoms with van der Waals surface area (Å²) in [6.07, 6.45) is 3.95. The fourth-order valence-electron chi connectivity index (χ4n) is 2.77. The molecule has 0 saturated carbocycles. The third-order valence-corrected chi connectivity index (χ3v) is 4.02. The lowest BCUT2D eigenvalue weighted by Gasteiger charge is -2.03. The fraction of sp³-hybridized carbons (Fsp3) is 0.0500. The SMILES string of the molecule is COc1ccc(-c2cn3cccc(-c4ccc(F)cc4)c3n2)cc1. The van der Waals surface area contributed by atoms with Crippen LogP contribution in [0.1, 0.15) is 0 Å². The first-order valence-corrected chi connectivity index (χ1v) is 7.63. The summed E-state index contributed by atoms with van der Waals surface area (Å²) in [5, 5.41) is 0. The second-order valence-corrected chi connectivity index (χ2v) is 5.51. The van der Waals surface area contributed by atoms with Gasteiger partial charge in [0, 0.05) is 23.5 Å². The van der Waals surface area contributed by atoms with Gasteiger partial charge in [0.2, 0.25) is 0 Å². The van der Waals surface area contributed by atoms with Crippen LogP contribution in [0.15, 0.2) is 73.1 Å². The summed E-state index contributed by atoms with van der Waals surface area (Å²) in [5.41, 5.74) is 4.65. The lowest BCUT2D eigenvalue weighted by molar-refractivity contribution is 0.415. The van der Waals surface area contributed by atoms with Crippen molar-refractivity contribution in [2.75, 3.05) is 7.11 Å². The average Bonchev–Trinajstić information content (AvgIpc) is 3.07. The summed E-state index contributed by atoms with van der Waals surface area (Å²) in [5.74, 6) is 0.572. The van der Waals surface area contributed by atoms with Gasteiger partial charge in [-0.15, -0.1) is 0 Å². The summed E-state index contributed by atoms with van der Waals surface area (Å²) >= 11 is 0. The van der Waals surface area contributed by atoms with E-state index in [4.69, 9.17) is 9.72 Å². The molecule has 0 unspecified atom stereocenters. The molecule has 0 saturated heterocycles. The molecular weight excluding hydrogens is 303 g/mol. The Balaban J connectivity index is 1.83. The van der Waals surface area contributed by atoms with Crippen LogP contribution in [0.4, 0.5) is 4.39 Å². The number of imidazole rings is 1. The van der Waals surface area contributed by atoms with E-state index in [0.717, 1.165) is 33.8 Å². The van der Waals surface area contributed by atoms with Crippen LogP contribution in [-0.4, -0.2) is 16.5 Å². The predicted molar refractivity (Wildman–Crippen MR) is 92.6 cm³/mol. The summed E-state index contributed by atoms with van der Waals surface area (Å²) in [6, 6.07) is 18.2. The molecule has 0 amide bonds. The van der Waals surface area contributed by atoms with Gasteiger partial charge in [-0.1, -0.05) is 12.1 Å². The average molecular weight is 318 g/mol. The molecule has 2 heterocycles. The fourth-order valence-corrected chi connectivity index (χ4v) is 2.77. The zero-order valence-corrected chi connectivity index (χ0v) is 13.1. The summed E-state index contributed by atoms with van der Waals surface area (Å²) in [6.45, 7) is 0. The predicted octanol–water partition coefficient (Wildman–Crippen LogP) is 4.82. The zero-order valence-electron chi connectivity index (χ0n) is 13.1. The topological polar surface area (TPSA) is 26.5 Å². The smallest absolute Gasteiger partial charge is 0.145 e. The molecule has 4 rings (SSSR count). The van der Waals surface area contributed by atoms with E-state index in [0.29, 0.717) is 0 Å². The van der Waals surface area contributed by atoms with Gasteiger partial charge in [-0.2, -0.15) is 0 Å². The molecule has 0 aliphatic heterocycles. The molecule has 0 atom stereocenters. The minimum atomic E-state index is -0.243. The number of benzene rings is 2. The Morgan fingerprint density at radius 3 is 2.33 bits per heavy atom. The summed E-state index contributed by atoms with van der Waals surface area (Å²) in [7, 11) is 1.65. The van der Waals surface area contributed by atoms with Crippen LogP contribution >= 0.6 is 0 Å². The van der Waals surface area contributed by atoms with Crippen LogP contribution in [0, 0.1) is 5.82 Å². The van der Waals surface area contributed by atoms with Crippen molar-refractivity contribution in [2.24, 2.45) is 0 Å². The Kier molecular flexibility index (Phi) is 3.50. The number of aromatic nitrogens is 2. The highest BCUT2D eigenvalue weighted by atomic mass is 19.1. The summed E-state index contributed by atoms with van der Waals surface area (Å²) < 4.78 is 20.4. The van der Waals surface area contributed by atoms with Crippen molar-refractivity contribution >= 4 is 5.65 Å². The molecule has 4 heteroatoms. The van der Waals surface area contributed by atoms with Crippen LogP contribution in [0.3, 0.4) is 0 Å². The van der Waals surface area contributed by atoms with E-state index < -0.39 is 0 Å². The van der Waals surface area contributed by atoms with E-state index in [2.05, 4.69) is 0 Å². The minimum Gasteiger partial charge on any atom is -0.497 e. The normalized spacial score (nSPS) is 10.9. The number of methoxy groups -OCH3 is 1. The number of fused-ring (bicyclic) bond motifs is 1. The molecule has 2 aromatic carbocycles. The zero-order chi connectivity index (χ0) is 16.5. The lowest BCUT2D eigenvalue weighted by atomic mass is 10.1. The van der Waals surface area contributed by atoms with E-state index in [1.807, 2.05) is 53.2 Å². The first-order valence-electron chi connectivity index (χ1n) is 7.63. The van der Waals surface area contributed by atoms with Gasteiger partial charge in [-0.3, -0.25) is 0 Å². The van der Waals surface area contributed by atoms with Gasteiger partial charge >= 0.3 is 0 Å². The summed E-state index contributed by atoms with van der Waals surface area (Å²) in [4.78, 5) is 4.77. The molecule has 3 nitrogen and oxygen atoms in total. The first-order chi connectivity index (χ1) is 11.7. The number of pyridine rings is 1. The molecule has 2 aromatic heterocycles. The Morgan fingerprint density at radius 1 is 0.917 bits per heavy atom. The highest BCUT2D eigenvalue weighted by molar-refractivity contribution is 5.79. The molecule has 0 radical (unpaired) electrons. The molecule has 118 valence electrons. The third kappa shape index (κ3) is 2.52. The van der Waals surface area contributed by atoms with Gasteiger partial charge in [0.05, 0.1) is 12.8 Å². The Hall–Kier alpha value is -3.14. The van der Waals surface area contributed by atoms with Crippen LogP contribution in [-0.2, 0) is 0 Å². The molecule has 0 fully saturated rings. The van der Waals surface area contributed by atoms with Gasteiger partial charge in [-0.05, 0) is 54.1 Å². The molecule has 0 N–H and O–H groups in total. The van der Waals surface area contributed by atoms with Gasteiger partial charge in [0.15, 0.2) is 0 Å². The number of halogens is 1. The van der Waals surface area contributed by atoms with Crippen molar-refractivity contribution in [3.8, 4) is 28.1 Å². The largest absolute Gasteiger partial charge is 0.497 e. The maximum atomic E-state index is 13.2. The van der Waals surface area contributed by atoms with E-state index in [-0.39, 0.29) is 5.82 Å². The maximum absolute atomic E-state index is 13.2. The van der Waals surface area contributed by atoms with E-state index in [1.54, 1.807) is 19.2 Å². The van der Waals surface area contributed by atoms with Crippen molar-refractivity contribution in [1.82, 2.24) is 9.38 Å². The number of nitrogens with zero attached hydrogens (tertiary/aromatic N) is 2. The number of ether oxygens (including phenoxy) is 1. The van der Waals surface area contributed by atoms with Crippen molar-refractivity contribution < 1.29 is 9.13 Å². The first kappa shape index (κ1) is 14.5. The quantitative estimate of drug-likeness (QED) is 0.541. The number of hydrogen-bond acceptors (Lipinski definition) is 2.